The number of carbonyl (C=O) groups is 2. The molecule has 0 aliphatic carbocycles. The molecular formula is C17H21N3O3S. The van der Waals surface area contributed by atoms with Gasteiger partial charge < -0.3 is 14.6 Å². The number of rotatable bonds is 5. The van der Waals surface area contributed by atoms with Crippen molar-refractivity contribution in [2.24, 2.45) is 0 Å². The van der Waals surface area contributed by atoms with Crippen LogP contribution < -0.4 is 5.32 Å². The van der Waals surface area contributed by atoms with Gasteiger partial charge in [-0.25, -0.2) is 0 Å². The average molecular weight is 347 g/mol. The van der Waals surface area contributed by atoms with Gasteiger partial charge in [0.2, 0.25) is 5.91 Å². The Morgan fingerprint density at radius 2 is 2.08 bits per heavy atom. The van der Waals surface area contributed by atoms with E-state index in [1.807, 2.05) is 28.5 Å². The second-order valence-electron chi connectivity index (χ2n) is 5.75. The van der Waals surface area contributed by atoms with Gasteiger partial charge in [0, 0.05) is 26.2 Å². The van der Waals surface area contributed by atoms with Gasteiger partial charge in [0.05, 0.1) is 24.2 Å². The maximum Gasteiger partial charge on any atom is 0.261 e. The molecule has 0 atom stereocenters. The molecule has 0 bridgehead atoms. The third kappa shape index (κ3) is 4.46. The average Bonchev–Trinajstić information content (AvgIpc) is 3.24. The van der Waals surface area contributed by atoms with E-state index in [2.05, 4.69) is 10.2 Å². The van der Waals surface area contributed by atoms with E-state index in [1.165, 1.54) is 11.3 Å². The summed E-state index contributed by atoms with van der Waals surface area (Å²) in [5.41, 5.74) is 0. The van der Waals surface area contributed by atoms with Crippen molar-refractivity contribution in [1.82, 2.24) is 15.1 Å². The number of amides is 2. The highest BCUT2D eigenvalue weighted by Gasteiger charge is 2.20. The van der Waals surface area contributed by atoms with Gasteiger partial charge in [0.25, 0.3) is 5.91 Å². The van der Waals surface area contributed by atoms with Crippen molar-refractivity contribution in [3.63, 3.8) is 0 Å². The lowest BCUT2D eigenvalue weighted by atomic mass is 10.3. The van der Waals surface area contributed by atoms with E-state index >= 15 is 0 Å². The predicted molar refractivity (Wildman–Crippen MR) is 91.8 cm³/mol. The lowest BCUT2D eigenvalue weighted by molar-refractivity contribution is -0.130. The van der Waals surface area contributed by atoms with Crippen LogP contribution in [0, 0.1) is 0 Å². The molecule has 1 N–H and O–H groups in total. The van der Waals surface area contributed by atoms with E-state index in [1.54, 1.807) is 12.3 Å². The van der Waals surface area contributed by atoms with Gasteiger partial charge in [0.15, 0.2) is 0 Å². The number of nitrogens with zero attached hydrogens (tertiary/aromatic N) is 2. The van der Waals surface area contributed by atoms with Crippen LogP contribution in [0.3, 0.4) is 0 Å². The fraction of sp³-hybridized carbons (Fsp3) is 0.412. The summed E-state index contributed by atoms with van der Waals surface area (Å²) in [5.74, 6) is 0.727. The van der Waals surface area contributed by atoms with Crippen LogP contribution in [-0.4, -0.2) is 54.3 Å². The fourth-order valence-corrected chi connectivity index (χ4v) is 3.40. The van der Waals surface area contributed by atoms with Gasteiger partial charge in [0.1, 0.15) is 5.76 Å². The van der Waals surface area contributed by atoms with E-state index < -0.39 is 0 Å². The Labute approximate surface area is 145 Å². The van der Waals surface area contributed by atoms with E-state index in [0.29, 0.717) is 11.4 Å². The van der Waals surface area contributed by atoms with E-state index in [4.69, 9.17) is 4.42 Å². The second kappa shape index (κ2) is 8.12. The Morgan fingerprint density at radius 1 is 1.17 bits per heavy atom. The maximum absolute atomic E-state index is 12.3. The lowest BCUT2D eigenvalue weighted by Crippen LogP contribution is -2.41. The first-order chi connectivity index (χ1) is 11.7. The minimum atomic E-state index is -0.187. The molecule has 128 valence electrons. The highest BCUT2D eigenvalue weighted by atomic mass is 32.1. The van der Waals surface area contributed by atoms with Gasteiger partial charge in [-0.15, -0.1) is 11.3 Å². The van der Waals surface area contributed by atoms with Crippen molar-refractivity contribution in [2.45, 2.75) is 13.0 Å². The Kier molecular flexibility index (Phi) is 5.66. The van der Waals surface area contributed by atoms with Crippen molar-refractivity contribution in [1.29, 1.82) is 0 Å². The molecule has 2 aromatic heterocycles. The van der Waals surface area contributed by atoms with Crippen LogP contribution >= 0.6 is 11.3 Å². The van der Waals surface area contributed by atoms with Crippen molar-refractivity contribution in [3.05, 3.63) is 46.5 Å². The predicted octanol–water partition coefficient (Wildman–Crippen LogP) is 1.81. The molecule has 1 fully saturated rings. The van der Waals surface area contributed by atoms with Crippen molar-refractivity contribution >= 4 is 23.2 Å². The molecule has 2 aromatic rings. The molecule has 0 unspecified atom stereocenters. The molecule has 6 nitrogen and oxygen atoms in total. The van der Waals surface area contributed by atoms with Crippen LogP contribution in [0.15, 0.2) is 40.3 Å². The quantitative estimate of drug-likeness (QED) is 0.896. The third-order valence-electron chi connectivity index (χ3n) is 4.05. The third-order valence-corrected chi connectivity index (χ3v) is 4.91. The molecule has 2 amide bonds. The van der Waals surface area contributed by atoms with Crippen LogP contribution in [0.4, 0.5) is 0 Å². The molecule has 1 saturated heterocycles. The Bertz CT molecular complexity index is 655. The van der Waals surface area contributed by atoms with Crippen LogP contribution in [-0.2, 0) is 11.3 Å². The first-order valence-electron chi connectivity index (χ1n) is 8.06. The maximum atomic E-state index is 12.3. The molecule has 24 heavy (non-hydrogen) atoms. The number of hydrogen-bond donors (Lipinski definition) is 1. The smallest absolute Gasteiger partial charge is 0.261 e. The monoisotopic (exact) mass is 347 g/mol. The number of nitrogens with one attached hydrogen (secondary N) is 1. The van der Waals surface area contributed by atoms with Crippen LogP contribution in [0.1, 0.15) is 21.9 Å². The van der Waals surface area contributed by atoms with Gasteiger partial charge >= 0.3 is 0 Å². The van der Waals surface area contributed by atoms with E-state index in [9.17, 15) is 9.59 Å². The molecule has 1 aliphatic rings. The Morgan fingerprint density at radius 3 is 2.83 bits per heavy atom. The largest absolute Gasteiger partial charge is 0.468 e. The van der Waals surface area contributed by atoms with Gasteiger partial charge in [-0.3, -0.25) is 14.5 Å². The molecule has 3 heterocycles. The fourth-order valence-electron chi connectivity index (χ4n) is 2.76. The zero-order chi connectivity index (χ0) is 16.8. The Balaban J connectivity index is 1.45. The summed E-state index contributed by atoms with van der Waals surface area (Å²) in [6, 6.07) is 7.43. The second-order valence-corrected chi connectivity index (χ2v) is 6.70. The molecule has 0 radical (unpaired) electrons. The highest BCUT2D eigenvalue weighted by Crippen LogP contribution is 2.10. The Hall–Kier alpha value is -2.12. The number of carbonyl (C=O) groups excluding carboxylic acids is 2. The van der Waals surface area contributed by atoms with Crippen molar-refractivity contribution < 1.29 is 14.0 Å². The van der Waals surface area contributed by atoms with Crippen LogP contribution in [0.25, 0.3) is 0 Å². The summed E-state index contributed by atoms with van der Waals surface area (Å²) in [7, 11) is 0. The molecular weight excluding hydrogens is 326 g/mol. The van der Waals surface area contributed by atoms with Crippen LogP contribution in [0.5, 0.6) is 0 Å². The van der Waals surface area contributed by atoms with Gasteiger partial charge in [-0.05, 0) is 30.0 Å². The topological polar surface area (TPSA) is 65.8 Å². The van der Waals surface area contributed by atoms with Gasteiger partial charge in [-0.1, -0.05) is 6.07 Å². The minimum absolute atomic E-state index is 0.0280. The zero-order valence-corrected chi connectivity index (χ0v) is 14.3. The molecule has 1 aliphatic heterocycles. The van der Waals surface area contributed by atoms with Crippen molar-refractivity contribution in [3.8, 4) is 0 Å². The lowest BCUT2D eigenvalue weighted by Gasteiger charge is -2.21. The molecule has 0 saturated carbocycles. The standard InChI is InChI=1S/C17H21N3O3S/c21-16(12-18-17(22)15-5-2-11-24-15)20-7-3-6-19(8-9-20)13-14-4-1-10-23-14/h1-2,4-5,10-11H,3,6-9,12-13H2,(H,18,22). The summed E-state index contributed by atoms with van der Waals surface area (Å²) in [6.45, 7) is 3.97. The highest BCUT2D eigenvalue weighted by molar-refractivity contribution is 7.12. The first kappa shape index (κ1) is 16.7. The molecule has 3 rings (SSSR count). The first-order valence-corrected chi connectivity index (χ1v) is 8.94. The molecule has 7 heteroatoms. The summed E-state index contributed by atoms with van der Waals surface area (Å²) in [6.07, 6.45) is 2.60. The normalized spacial score (nSPS) is 15.9. The van der Waals surface area contributed by atoms with E-state index in [0.717, 1.165) is 38.4 Å². The number of hydrogen-bond acceptors (Lipinski definition) is 5. The summed E-state index contributed by atoms with van der Waals surface area (Å²) >= 11 is 1.37. The summed E-state index contributed by atoms with van der Waals surface area (Å²) < 4.78 is 5.38. The van der Waals surface area contributed by atoms with E-state index in [-0.39, 0.29) is 18.4 Å². The minimum Gasteiger partial charge on any atom is -0.468 e. The number of thiophene rings is 1. The molecule has 0 spiro atoms. The summed E-state index contributed by atoms with van der Waals surface area (Å²) in [4.78, 5) is 29.0. The van der Waals surface area contributed by atoms with Gasteiger partial charge in [-0.2, -0.15) is 0 Å². The summed E-state index contributed by atoms with van der Waals surface area (Å²) in [5, 5.41) is 4.55. The van der Waals surface area contributed by atoms with Crippen molar-refractivity contribution in [2.75, 3.05) is 32.7 Å². The molecule has 0 aromatic carbocycles. The van der Waals surface area contributed by atoms with Crippen LogP contribution in [0.2, 0.25) is 0 Å². The number of furan rings is 1. The zero-order valence-electron chi connectivity index (χ0n) is 13.4. The SMILES string of the molecule is O=C(NCC(=O)N1CCCN(Cc2ccco2)CC1)c1cccs1.